The summed E-state index contributed by atoms with van der Waals surface area (Å²) in [6, 6.07) is 0. The molecule has 4 nitrogen and oxygen atoms in total. The van der Waals surface area contributed by atoms with E-state index in [0.717, 1.165) is 25.7 Å². The Morgan fingerprint density at radius 2 is 1.89 bits per heavy atom. The van der Waals surface area contributed by atoms with E-state index in [2.05, 4.69) is 6.58 Å². The third-order valence-electron chi connectivity index (χ3n) is 3.25. The van der Waals surface area contributed by atoms with E-state index >= 15 is 0 Å². The number of hydrogen-bond acceptors (Lipinski definition) is 4. The Bertz CT molecular complexity index is 316. The second-order valence-corrected chi connectivity index (χ2v) is 4.67. The van der Waals surface area contributed by atoms with Gasteiger partial charge in [-0.25, -0.2) is 4.79 Å². The first-order chi connectivity index (χ1) is 8.56. The maximum Gasteiger partial charge on any atom is 0.337 e. The Balaban J connectivity index is 2.72. The van der Waals surface area contributed by atoms with E-state index in [-0.39, 0.29) is 17.5 Å². The molecule has 0 N–H and O–H groups in total. The number of hydrogen-bond donors (Lipinski definition) is 0. The Morgan fingerprint density at radius 3 is 2.39 bits per heavy atom. The molecule has 1 aliphatic rings. The van der Waals surface area contributed by atoms with Gasteiger partial charge in [0.25, 0.3) is 0 Å². The molecule has 1 saturated carbocycles. The molecule has 1 fully saturated rings. The molecule has 0 bridgehead atoms. The van der Waals surface area contributed by atoms with Crippen LogP contribution in [0.5, 0.6) is 0 Å². The van der Waals surface area contributed by atoms with Crippen molar-refractivity contribution in [3.05, 3.63) is 12.2 Å². The lowest BCUT2D eigenvalue weighted by Gasteiger charge is -2.30. The quantitative estimate of drug-likeness (QED) is 0.559. The fraction of sp³-hybridized carbons (Fsp3) is 0.714. The van der Waals surface area contributed by atoms with Gasteiger partial charge in [0.1, 0.15) is 6.10 Å². The van der Waals surface area contributed by atoms with E-state index in [1.165, 1.54) is 13.3 Å². The predicted molar refractivity (Wildman–Crippen MR) is 67.9 cm³/mol. The molecule has 1 atom stereocenters. The number of carbonyl (C=O) groups is 2. The normalized spacial score (nSPS) is 17.9. The first-order valence-corrected chi connectivity index (χ1v) is 6.59. The Hall–Kier alpha value is -1.32. The average Bonchev–Trinajstić information content (AvgIpc) is 2.36. The van der Waals surface area contributed by atoms with Gasteiger partial charge in [-0.2, -0.15) is 0 Å². The molecule has 0 aliphatic heterocycles. The molecule has 1 unspecified atom stereocenters. The minimum atomic E-state index is -0.526. The molecular formula is C14H22O4. The summed E-state index contributed by atoms with van der Waals surface area (Å²) in [5.74, 6) is -0.648. The number of carbonyl (C=O) groups excluding carboxylic acids is 2. The molecule has 0 heterocycles. The molecule has 4 heteroatoms. The molecular weight excluding hydrogens is 232 g/mol. The zero-order chi connectivity index (χ0) is 13.5. The van der Waals surface area contributed by atoms with Crippen molar-refractivity contribution in [2.45, 2.75) is 52.1 Å². The SMILES string of the molecule is C=C(C(=O)OCC)C(OC(C)=O)C1CCCCC1. The zero-order valence-corrected chi connectivity index (χ0v) is 11.2. The van der Waals surface area contributed by atoms with Gasteiger partial charge in [0.15, 0.2) is 0 Å². The summed E-state index contributed by atoms with van der Waals surface area (Å²) in [6.07, 6.45) is 4.83. The third-order valence-corrected chi connectivity index (χ3v) is 3.25. The highest BCUT2D eigenvalue weighted by atomic mass is 16.6. The zero-order valence-electron chi connectivity index (χ0n) is 11.2. The minimum Gasteiger partial charge on any atom is -0.463 e. The Labute approximate surface area is 108 Å². The average molecular weight is 254 g/mol. The second-order valence-electron chi connectivity index (χ2n) is 4.67. The van der Waals surface area contributed by atoms with E-state index < -0.39 is 12.1 Å². The van der Waals surface area contributed by atoms with Gasteiger partial charge in [0, 0.05) is 12.8 Å². The predicted octanol–water partition coefficient (Wildman–Crippen LogP) is 2.62. The van der Waals surface area contributed by atoms with Crippen LogP contribution in [-0.2, 0) is 19.1 Å². The van der Waals surface area contributed by atoms with Crippen molar-refractivity contribution in [3.8, 4) is 0 Å². The van der Waals surface area contributed by atoms with Crippen LogP contribution in [0.2, 0.25) is 0 Å². The Kier molecular flexibility index (Phi) is 5.89. The van der Waals surface area contributed by atoms with Crippen molar-refractivity contribution in [2.24, 2.45) is 5.92 Å². The summed E-state index contributed by atoms with van der Waals surface area (Å²) in [5, 5.41) is 0. The topological polar surface area (TPSA) is 52.6 Å². The Morgan fingerprint density at radius 1 is 1.28 bits per heavy atom. The van der Waals surface area contributed by atoms with Gasteiger partial charge in [0.05, 0.1) is 12.2 Å². The summed E-state index contributed by atoms with van der Waals surface area (Å²) in [6.45, 7) is 7.15. The fourth-order valence-electron chi connectivity index (χ4n) is 2.41. The van der Waals surface area contributed by atoms with Crippen molar-refractivity contribution in [1.82, 2.24) is 0 Å². The van der Waals surface area contributed by atoms with E-state index in [0.29, 0.717) is 6.61 Å². The minimum absolute atomic E-state index is 0.194. The van der Waals surface area contributed by atoms with Crippen LogP contribution in [0.15, 0.2) is 12.2 Å². The van der Waals surface area contributed by atoms with Crippen LogP contribution in [0.25, 0.3) is 0 Å². The van der Waals surface area contributed by atoms with Crippen LogP contribution in [0.3, 0.4) is 0 Å². The summed E-state index contributed by atoms with van der Waals surface area (Å²) in [4.78, 5) is 22.9. The van der Waals surface area contributed by atoms with Crippen molar-refractivity contribution < 1.29 is 19.1 Å². The molecule has 1 rings (SSSR count). The van der Waals surface area contributed by atoms with Crippen LogP contribution >= 0.6 is 0 Å². The van der Waals surface area contributed by atoms with Gasteiger partial charge >= 0.3 is 11.9 Å². The maximum atomic E-state index is 11.7. The summed E-state index contributed by atoms with van der Waals surface area (Å²) < 4.78 is 10.2. The molecule has 1 aliphatic carbocycles. The van der Waals surface area contributed by atoms with Gasteiger partial charge in [-0.1, -0.05) is 25.8 Å². The summed E-state index contributed by atoms with van der Waals surface area (Å²) in [5.41, 5.74) is 0.263. The lowest BCUT2D eigenvalue weighted by molar-refractivity contribution is -0.150. The van der Waals surface area contributed by atoms with E-state index in [4.69, 9.17) is 9.47 Å². The molecule has 0 amide bonds. The highest BCUT2D eigenvalue weighted by Gasteiger charge is 2.32. The summed E-state index contributed by atoms with van der Waals surface area (Å²) >= 11 is 0. The van der Waals surface area contributed by atoms with Crippen LogP contribution < -0.4 is 0 Å². The fourth-order valence-corrected chi connectivity index (χ4v) is 2.41. The van der Waals surface area contributed by atoms with Gasteiger partial charge < -0.3 is 9.47 Å². The van der Waals surface area contributed by atoms with Gasteiger partial charge in [0.2, 0.25) is 0 Å². The molecule has 0 spiro atoms. The van der Waals surface area contributed by atoms with Gasteiger partial charge in [-0.3, -0.25) is 4.79 Å². The largest absolute Gasteiger partial charge is 0.463 e. The standard InChI is InChI=1S/C14H22O4/c1-4-17-14(16)10(2)13(18-11(3)15)12-8-6-5-7-9-12/h12-13H,2,4-9H2,1,3H3. The van der Waals surface area contributed by atoms with E-state index in [1.807, 2.05) is 0 Å². The highest BCUT2D eigenvalue weighted by molar-refractivity contribution is 5.89. The highest BCUT2D eigenvalue weighted by Crippen LogP contribution is 2.31. The monoisotopic (exact) mass is 254 g/mol. The van der Waals surface area contributed by atoms with E-state index in [1.54, 1.807) is 6.92 Å². The molecule has 102 valence electrons. The van der Waals surface area contributed by atoms with Crippen molar-refractivity contribution in [1.29, 1.82) is 0 Å². The van der Waals surface area contributed by atoms with Crippen LogP contribution in [-0.4, -0.2) is 24.6 Å². The van der Waals surface area contributed by atoms with Crippen molar-refractivity contribution >= 4 is 11.9 Å². The van der Waals surface area contributed by atoms with Crippen LogP contribution in [0.4, 0.5) is 0 Å². The van der Waals surface area contributed by atoms with Crippen molar-refractivity contribution in [3.63, 3.8) is 0 Å². The number of esters is 2. The van der Waals surface area contributed by atoms with Crippen LogP contribution in [0, 0.1) is 5.92 Å². The lowest BCUT2D eigenvalue weighted by Crippen LogP contribution is -2.33. The first-order valence-electron chi connectivity index (χ1n) is 6.59. The molecule has 0 aromatic rings. The van der Waals surface area contributed by atoms with Gasteiger partial charge in [-0.15, -0.1) is 0 Å². The number of rotatable bonds is 5. The second kappa shape index (κ2) is 7.19. The molecule has 18 heavy (non-hydrogen) atoms. The van der Waals surface area contributed by atoms with Gasteiger partial charge in [-0.05, 0) is 19.8 Å². The molecule has 0 aromatic carbocycles. The summed E-state index contributed by atoms with van der Waals surface area (Å²) in [7, 11) is 0. The van der Waals surface area contributed by atoms with E-state index in [9.17, 15) is 9.59 Å². The smallest absolute Gasteiger partial charge is 0.337 e. The molecule has 0 radical (unpaired) electrons. The first kappa shape index (κ1) is 14.7. The maximum absolute atomic E-state index is 11.7. The molecule has 0 saturated heterocycles. The van der Waals surface area contributed by atoms with Crippen molar-refractivity contribution in [2.75, 3.05) is 6.61 Å². The van der Waals surface area contributed by atoms with Crippen LogP contribution in [0.1, 0.15) is 46.0 Å². The number of ether oxygens (including phenoxy) is 2. The third kappa shape index (κ3) is 4.17. The lowest BCUT2D eigenvalue weighted by atomic mass is 9.82. The molecule has 0 aromatic heterocycles.